The topological polar surface area (TPSA) is 52.8 Å². The van der Waals surface area contributed by atoms with Gasteiger partial charge in [-0.05, 0) is 43.6 Å². The van der Waals surface area contributed by atoms with Gasteiger partial charge >= 0.3 is 0 Å². The Labute approximate surface area is 208 Å². The molecule has 1 fully saturated rings. The second-order valence-electron chi connectivity index (χ2n) is 8.99. The molecule has 3 aliphatic rings. The summed E-state index contributed by atoms with van der Waals surface area (Å²) >= 11 is 1.68. The van der Waals surface area contributed by atoms with Gasteiger partial charge in [0.2, 0.25) is 0 Å². The average molecular weight is 480 g/mol. The van der Waals surface area contributed by atoms with Crippen LogP contribution >= 0.6 is 11.8 Å². The number of rotatable bonds is 6. The quantitative estimate of drug-likeness (QED) is 0.428. The molecule has 0 aromatic heterocycles. The first-order chi connectivity index (χ1) is 16.5. The third kappa shape index (κ3) is 5.31. The van der Waals surface area contributed by atoms with Gasteiger partial charge in [0.15, 0.2) is 5.17 Å². The van der Waals surface area contributed by atoms with Crippen LogP contribution in [0.5, 0.6) is 0 Å². The highest BCUT2D eigenvalue weighted by molar-refractivity contribution is 8.13. The lowest BCUT2D eigenvalue weighted by Crippen LogP contribution is -2.39. The summed E-state index contributed by atoms with van der Waals surface area (Å²) in [6.45, 7) is 9.82. The molecule has 0 amide bonds. The number of amidine groups is 1. The van der Waals surface area contributed by atoms with Crippen molar-refractivity contribution in [1.82, 2.24) is 9.80 Å². The van der Waals surface area contributed by atoms with Gasteiger partial charge in [0.1, 0.15) is 12.2 Å². The van der Waals surface area contributed by atoms with Crippen LogP contribution in [0, 0.1) is 5.92 Å². The van der Waals surface area contributed by atoms with Crippen LogP contribution in [0.3, 0.4) is 0 Å². The number of thioether (sulfide) groups is 1. The first-order valence-corrected chi connectivity index (χ1v) is 13.6. The van der Waals surface area contributed by atoms with Crippen LogP contribution in [0.25, 0.3) is 5.70 Å². The molecule has 7 heteroatoms. The highest BCUT2D eigenvalue weighted by Crippen LogP contribution is 2.35. The molecular weight excluding hydrogens is 442 g/mol. The van der Waals surface area contributed by atoms with Crippen molar-refractivity contribution in [3.63, 3.8) is 0 Å². The summed E-state index contributed by atoms with van der Waals surface area (Å²) in [5.41, 5.74) is 5.31. The Morgan fingerprint density at radius 2 is 1.88 bits per heavy atom. The molecule has 0 N–H and O–H groups in total. The molecule has 0 saturated carbocycles. The molecule has 1 saturated heterocycles. The van der Waals surface area contributed by atoms with E-state index in [1.54, 1.807) is 11.8 Å². The monoisotopic (exact) mass is 479 g/mol. The molecule has 0 aliphatic carbocycles. The van der Waals surface area contributed by atoms with Crippen LogP contribution in [0.15, 0.2) is 63.2 Å². The zero-order valence-electron chi connectivity index (χ0n) is 21.1. The Kier molecular flexibility index (Phi) is 8.27. The minimum absolute atomic E-state index is 0.0193. The Hall–Kier alpha value is -2.38. The van der Waals surface area contributed by atoms with Crippen molar-refractivity contribution in [1.29, 1.82) is 0 Å². The lowest BCUT2D eigenvalue weighted by Gasteiger charge is -2.29. The Balaban J connectivity index is 1.70. The highest BCUT2D eigenvalue weighted by Gasteiger charge is 2.38. The van der Waals surface area contributed by atoms with E-state index in [9.17, 15) is 0 Å². The van der Waals surface area contributed by atoms with Crippen molar-refractivity contribution in [2.75, 3.05) is 39.6 Å². The largest absolute Gasteiger partial charge is 0.378 e. The summed E-state index contributed by atoms with van der Waals surface area (Å²) in [5, 5.41) is 1.01. The standard InChI is InChI=1S/C27H37N5OS/c1-6-20(7-2)22-18-31(4)26-25(22)28-19(3)23(29-26)17-24(21-11-9-8-10-12-21)30-27(34-5)32-13-15-33-16-14-32/h8-12,17-18,20,25-26H,6-7,13-16H2,1-5H3/b24-17+,30-27?. The number of benzene rings is 1. The molecule has 3 heterocycles. The molecule has 2 atom stereocenters. The second-order valence-corrected chi connectivity index (χ2v) is 9.76. The van der Waals surface area contributed by atoms with E-state index in [1.165, 1.54) is 5.57 Å². The zero-order valence-corrected chi connectivity index (χ0v) is 21.9. The number of nitrogens with zero attached hydrogens (tertiary/aromatic N) is 5. The van der Waals surface area contributed by atoms with E-state index in [0.717, 1.165) is 67.0 Å². The predicted octanol–water partition coefficient (Wildman–Crippen LogP) is 4.95. The van der Waals surface area contributed by atoms with Gasteiger partial charge in [-0.15, -0.1) is 0 Å². The van der Waals surface area contributed by atoms with Crippen LogP contribution in [-0.4, -0.2) is 78.2 Å². The summed E-state index contributed by atoms with van der Waals surface area (Å²) < 4.78 is 5.55. The number of hydrogen-bond donors (Lipinski definition) is 0. The Morgan fingerprint density at radius 3 is 2.53 bits per heavy atom. The fourth-order valence-corrected chi connectivity index (χ4v) is 5.50. The maximum Gasteiger partial charge on any atom is 0.164 e. The first kappa shape index (κ1) is 24.7. The van der Waals surface area contributed by atoms with Gasteiger partial charge in [-0.25, -0.2) is 4.99 Å². The molecule has 34 heavy (non-hydrogen) atoms. The van der Waals surface area contributed by atoms with Crippen LogP contribution in [-0.2, 0) is 4.74 Å². The van der Waals surface area contributed by atoms with Crippen molar-refractivity contribution in [2.24, 2.45) is 20.9 Å². The van der Waals surface area contributed by atoms with Crippen molar-refractivity contribution in [3.8, 4) is 0 Å². The molecule has 2 unspecified atom stereocenters. The van der Waals surface area contributed by atoms with Gasteiger partial charge in [-0.2, -0.15) is 0 Å². The van der Waals surface area contributed by atoms with Gasteiger partial charge in [0, 0.05) is 31.9 Å². The van der Waals surface area contributed by atoms with E-state index in [0.29, 0.717) is 5.92 Å². The fraction of sp³-hybridized carbons (Fsp3) is 0.519. The maximum absolute atomic E-state index is 5.55. The molecule has 0 spiro atoms. The normalized spacial score (nSPS) is 23.6. The van der Waals surface area contributed by atoms with Gasteiger partial charge in [0.05, 0.1) is 30.3 Å². The molecule has 1 aromatic carbocycles. The van der Waals surface area contributed by atoms with Crippen LogP contribution in [0.2, 0.25) is 0 Å². The molecule has 6 nitrogen and oxygen atoms in total. The van der Waals surface area contributed by atoms with E-state index < -0.39 is 0 Å². The summed E-state index contributed by atoms with van der Waals surface area (Å²) in [5.74, 6) is 0.559. The lowest BCUT2D eigenvalue weighted by atomic mass is 9.89. The number of hydrogen-bond acceptors (Lipinski definition) is 6. The molecule has 182 valence electrons. The number of ether oxygens (including phenoxy) is 1. The van der Waals surface area contributed by atoms with E-state index in [1.807, 2.05) is 6.07 Å². The van der Waals surface area contributed by atoms with Gasteiger partial charge in [-0.3, -0.25) is 9.98 Å². The lowest BCUT2D eigenvalue weighted by molar-refractivity contribution is 0.0694. The smallest absolute Gasteiger partial charge is 0.164 e. The molecule has 0 bridgehead atoms. The molecule has 1 aromatic rings. The van der Waals surface area contributed by atoms with Crippen LogP contribution < -0.4 is 0 Å². The van der Waals surface area contributed by atoms with Crippen LogP contribution in [0.4, 0.5) is 0 Å². The fourth-order valence-electron chi connectivity index (χ4n) is 4.87. The Bertz CT molecular complexity index is 1000. The van der Waals surface area contributed by atoms with Crippen molar-refractivity contribution in [2.45, 2.75) is 45.8 Å². The van der Waals surface area contributed by atoms with Gasteiger partial charge in [0.25, 0.3) is 0 Å². The van der Waals surface area contributed by atoms with E-state index in [4.69, 9.17) is 19.7 Å². The summed E-state index contributed by atoms with van der Waals surface area (Å²) in [4.78, 5) is 20.0. The molecule has 0 radical (unpaired) electrons. The average Bonchev–Trinajstić information content (AvgIpc) is 3.18. The number of aliphatic imine (C=N–C) groups is 3. The van der Waals surface area contributed by atoms with Crippen molar-refractivity contribution < 1.29 is 4.74 Å². The number of fused-ring (bicyclic) bond motifs is 1. The number of likely N-dealkylation sites (N-methyl/N-ethyl adjacent to an activating group) is 1. The van der Waals surface area contributed by atoms with Crippen LogP contribution in [0.1, 0.15) is 39.2 Å². The first-order valence-electron chi connectivity index (χ1n) is 12.3. The van der Waals surface area contributed by atoms with E-state index >= 15 is 0 Å². The minimum Gasteiger partial charge on any atom is -0.378 e. The van der Waals surface area contributed by atoms with E-state index in [2.05, 4.69) is 80.4 Å². The third-order valence-corrected chi connectivity index (χ3v) is 7.56. The summed E-state index contributed by atoms with van der Waals surface area (Å²) in [6, 6.07) is 10.5. The zero-order chi connectivity index (χ0) is 24.1. The third-order valence-electron chi connectivity index (χ3n) is 6.85. The van der Waals surface area contributed by atoms with Crippen molar-refractivity contribution >= 4 is 34.0 Å². The molecule has 4 rings (SSSR count). The minimum atomic E-state index is 0.0193. The second kappa shape index (κ2) is 11.4. The summed E-state index contributed by atoms with van der Waals surface area (Å²) in [7, 11) is 2.12. The van der Waals surface area contributed by atoms with Gasteiger partial charge < -0.3 is 14.5 Å². The molecule has 3 aliphatic heterocycles. The number of morpholine rings is 1. The predicted molar refractivity (Wildman–Crippen MR) is 146 cm³/mol. The SMILES string of the molecule is CCC(CC)C1=CN(C)C2N=C(/C=C(/N=C(SC)N3CCOCC3)c3ccccc3)C(C)=NC12. The molecular formula is C27H37N5OS. The maximum atomic E-state index is 5.55. The number of allylic oxidation sites excluding steroid dienone is 1. The highest BCUT2D eigenvalue weighted by atomic mass is 32.2. The van der Waals surface area contributed by atoms with Gasteiger partial charge in [-0.1, -0.05) is 55.9 Å². The summed E-state index contributed by atoms with van der Waals surface area (Å²) in [6.07, 6.45) is 8.77. The van der Waals surface area contributed by atoms with Crippen molar-refractivity contribution in [3.05, 3.63) is 53.7 Å². The Morgan fingerprint density at radius 1 is 1.18 bits per heavy atom. The van der Waals surface area contributed by atoms with E-state index in [-0.39, 0.29) is 12.2 Å².